The van der Waals surface area contributed by atoms with E-state index in [9.17, 15) is 0 Å². The lowest BCUT2D eigenvalue weighted by molar-refractivity contribution is 0.113. The van der Waals surface area contributed by atoms with Gasteiger partial charge < -0.3 is 9.64 Å². The van der Waals surface area contributed by atoms with Gasteiger partial charge in [-0.2, -0.15) is 0 Å². The summed E-state index contributed by atoms with van der Waals surface area (Å²) in [5, 5.41) is 0. The molecule has 1 aromatic carbocycles. The van der Waals surface area contributed by atoms with Crippen molar-refractivity contribution in [3.05, 3.63) is 35.4 Å². The molecule has 1 aromatic rings. The van der Waals surface area contributed by atoms with Crippen LogP contribution in [-0.2, 0) is 11.3 Å². The van der Waals surface area contributed by atoms with Crippen LogP contribution in [0.2, 0.25) is 0 Å². The second kappa shape index (κ2) is 9.70. The van der Waals surface area contributed by atoms with Gasteiger partial charge in [0.2, 0.25) is 0 Å². The molecule has 0 unspecified atom stereocenters. The van der Waals surface area contributed by atoms with Gasteiger partial charge in [0, 0.05) is 26.7 Å². The van der Waals surface area contributed by atoms with Gasteiger partial charge in [0.25, 0.3) is 0 Å². The molecule has 3 heteroatoms. The van der Waals surface area contributed by atoms with Gasteiger partial charge in [0.05, 0.1) is 6.61 Å². The van der Waals surface area contributed by atoms with Crippen molar-refractivity contribution < 1.29 is 4.74 Å². The lowest BCUT2D eigenvalue weighted by atomic mass is 9.71. The van der Waals surface area contributed by atoms with E-state index in [-0.39, 0.29) is 0 Å². The van der Waals surface area contributed by atoms with Crippen LogP contribution in [0.1, 0.15) is 56.1 Å². The first kappa shape index (κ1) is 18.9. The Kier molecular flexibility index (Phi) is 7.33. The Balaban J connectivity index is 1.42. The predicted molar refractivity (Wildman–Crippen MR) is 105 cm³/mol. The summed E-state index contributed by atoms with van der Waals surface area (Å²) in [7, 11) is 1.80. The van der Waals surface area contributed by atoms with Gasteiger partial charge in [0.1, 0.15) is 0 Å². The van der Waals surface area contributed by atoms with Crippen LogP contribution in [0.25, 0.3) is 0 Å². The molecule has 3 rings (SSSR count). The van der Waals surface area contributed by atoms with E-state index in [1.54, 1.807) is 12.7 Å². The number of hydrogen-bond acceptors (Lipinski definition) is 3. The predicted octanol–water partition coefficient (Wildman–Crippen LogP) is 4.13. The minimum Gasteiger partial charge on any atom is -0.383 e. The van der Waals surface area contributed by atoms with E-state index in [4.69, 9.17) is 4.74 Å². The highest BCUT2D eigenvalue weighted by Crippen LogP contribution is 2.42. The van der Waals surface area contributed by atoms with Gasteiger partial charge in [-0.15, -0.1) is 0 Å². The van der Waals surface area contributed by atoms with Crippen molar-refractivity contribution in [1.82, 2.24) is 9.80 Å². The number of methoxy groups -OCH3 is 1. The van der Waals surface area contributed by atoms with Gasteiger partial charge in [0.15, 0.2) is 0 Å². The molecule has 0 bridgehead atoms. The van der Waals surface area contributed by atoms with E-state index in [1.807, 2.05) is 0 Å². The molecule has 1 saturated heterocycles. The maximum Gasteiger partial charge on any atom is 0.0589 e. The Morgan fingerprint density at radius 2 is 1.80 bits per heavy atom. The zero-order chi connectivity index (χ0) is 17.5. The third-order valence-corrected chi connectivity index (χ3v) is 5.96. The van der Waals surface area contributed by atoms with E-state index < -0.39 is 0 Å². The summed E-state index contributed by atoms with van der Waals surface area (Å²) >= 11 is 0. The second-order valence-electron chi connectivity index (χ2n) is 8.05. The first-order valence-electron chi connectivity index (χ1n) is 10.3. The topological polar surface area (TPSA) is 15.7 Å². The molecule has 0 radical (unpaired) electrons. The molecule has 3 nitrogen and oxygen atoms in total. The summed E-state index contributed by atoms with van der Waals surface area (Å²) in [5.41, 5.74) is 3.04. The normalized spacial score (nSPS) is 24.0. The Hall–Kier alpha value is -0.900. The fourth-order valence-electron chi connectivity index (χ4n) is 4.45. The Labute approximate surface area is 154 Å². The smallest absolute Gasteiger partial charge is 0.0589 e. The van der Waals surface area contributed by atoms with Crippen molar-refractivity contribution in [2.24, 2.45) is 5.92 Å². The van der Waals surface area contributed by atoms with Crippen LogP contribution in [0.15, 0.2) is 24.3 Å². The van der Waals surface area contributed by atoms with Crippen molar-refractivity contribution in [2.75, 3.05) is 46.4 Å². The van der Waals surface area contributed by atoms with Crippen LogP contribution in [0.5, 0.6) is 0 Å². The molecule has 0 amide bonds. The number of ether oxygens (including phenoxy) is 1. The highest BCUT2D eigenvalue weighted by molar-refractivity contribution is 5.27. The molecule has 1 saturated carbocycles. The number of likely N-dealkylation sites (tertiary alicyclic amines) is 1. The van der Waals surface area contributed by atoms with Crippen LogP contribution in [-0.4, -0.2) is 56.2 Å². The lowest BCUT2D eigenvalue weighted by Gasteiger charge is -2.39. The Morgan fingerprint density at radius 1 is 1.08 bits per heavy atom. The van der Waals surface area contributed by atoms with Gasteiger partial charge in [-0.1, -0.05) is 31.2 Å². The fraction of sp³-hybridized carbons (Fsp3) is 0.727. The highest BCUT2D eigenvalue weighted by atomic mass is 16.5. The van der Waals surface area contributed by atoms with Crippen molar-refractivity contribution in [1.29, 1.82) is 0 Å². The summed E-state index contributed by atoms with van der Waals surface area (Å²) in [6, 6.07) is 9.51. The van der Waals surface area contributed by atoms with Crippen LogP contribution < -0.4 is 0 Å². The molecular weight excluding hydrogens is 308 g/mol. The number of hydrogen-bond donors (Lipinski definition) is 0. The molecule has 1 aliphatic heterocycles. The van der Waals surface area contributed by atoms with Crippen LogP contribution in [0.3, 0.4) is 0 Å². The number of benzene rings is 1. The van der Waals surface area contributed by atoms with E-state index in [2.05, 4.69) is 41.0 Å². The first-order valence-corrected chi connectivity index (χ1v) is 10.3. The largest absolute Gasteiger partial charge is 0.383 e. The summed E-state index contributed by atoms with van der Waals surface area (Å²) < 4.78 is 5.26. The maximum absolute atomic E-state index is 5.26. The Bertz CT molecular complexity index is 489. The second-order valence-corrected chi connectivity index (χ2v) is 8.05. The van der Waals surface area contributed by atoms with Crippen molar-refractivity contribution >= 4 is 0 Å². The van der Waals surface area contributed by atoms with Crippen molar-refractivity contribution in [2.45, 2.75) is 51.5 Å². The van der Waals surface area contributed by atoms with E-state index >= 15 is 0 Å². The van der Waals surface area contributed by atoms with E-state index in [0.29, 0.717) is 0 Å². The summed E-state index contributed by atoms with van der Waals surface area (Å²) in [6.45, 7) is 10.4. The maximum atomic E-state index is 5.26. The van der Waals surface area contributed by atoms with Crippen molar-refractivity contribution in [3.8, 4) is 0 Å². The number of nitrogens with zero attached hydrogens (tertiary/aromatic N) is 2. The average molecular weight is 345 g/mol. The molecule has 0 N–H and O–H groups in total. The van der Waals surface area contributed by atoms with Gasteiger partial charge >= 0.3 is 0 Å². The van der Waals surface area contributed by atoms with E-state index in [1.165, 1.54) is 63.8 Å². The highest BCUT2D eigenvalue weighted by Gasteiger charge is 2.31. The zero-order valence-electron chi connectivity index (χ0n) is 16.3. The summed E-state index contributed by atoms with van der Waals surface area (Å²) in [6.07, 6.45) is 6.71. The van der Waals surface area contributed by atoms with Gasteiger partial charge in [-0.05, 0) is 74.7 Å². The summed E-state index contributed by atoms with van der Waals surface area (Å²) in [4.78, 5) is 5.17. The minimum atomic E-state index is 0.789. The zero-order valence-corrected chi connectivity index (χ0v) is 16.3. The fourth-order valence-corrected chi connectivity index (χ4v) is 4.45. The SMILES string of the molecule is CCCN(CCOC)CC1CC(c2ccc(CN3CCCC3)cc2)C1. The van der Waals surface area contributed by atoms with Crippen LogP contribution in [0.4, 0.5) is 0 Å². The molecule has 2 fully saturated rings. The number of rotatable bonds is 10. The third-order valence-electron chi connectivity index (χ3n) is 5.96. The molecule has 25 heavy (non-hydrogen) atoms. The van der Waals surface area contributed by atoms with Crippen LogP contribution >= 0.6 is 0 Å². The molecule has 0 spiro atoms. The molecule has 2 aliphatic rings. The molecule has 1 heterocycles. The van der Waals surface area contributed by atoms with Gasteiger partial charge in [-0.3, -0.25) is 4.90 Å². The molecular formula is C22H36N2O. The lowest BCUT2D eigenvalue weighted by Crippen LogP contribution is -2.37. The summed E-state index contributed by atoms with van der Waals surface area (Å²) in [5.74, 6) is 1.66. The quantitative estimate of drug-likeness (QED) is 0.634. The standard InChI is InChI=1S/C22H36N2O/c1-3-10-23(13-14-25-2)18-20-15-22(16-20)21-8-6-19(7-9-21)17-24-11-4-5-12-24/h6-9,20,22H,3-5,10-18H2,1-2H3. The van der Waals surface area contributed by atoms with Crippen molar-refractivity contribution in [3.63, 3.8) is 0 Å². The van der Waals surface area contributed by atoms with Crippen LogP contribution in [0, 0.1) is 5.92 Å². The monoisotopic (exact) mass is 344 g/mol. The molecule has 140 valence electrons. The molecule has 1 aliphatic carbocycles. The first-order chi connectivity index (χ1) is 12.3. The van der Waals surface area contributed by atoms with Gasteiger partial charge in [-0.25, -0.2) is 0 Å². The average Bonchev–Trinajstić information content (AvgIpc) is 3.09. The minimum absolute atomic E-state index is 0.789. The molecule has 0 aromatic heterocycles. The molecule has 0 atom stereocenters. The third kappa shape index (κ3) is 5.54. The van der Waals surface area contributed by atoms with E-state index in [0.717, 1.165) is 31.5 Å². The Morgan fingerprint density at radius 3 is 2.44 bits per heavy atom.